The minimum absolute atomic E-state index is 0.0473. The fourth-order valence-corrected chi connectivity index (χ4v) is 1.57. The van der Waals surface area contributed by atoms with Crippen molar-refractivity contribution < 1.29 is 13.6 Å². The second-order valence-electron chi connectivity index (χ2n) is 4.82. The zero-order valence-corrected chi connectivity index (χ0v) is 10.3. The molecule has 0 aliphatic carbocycles. The predicted octanol–water partition coefficient (Wildman–Crippen LogP) is 2.42. The summed E-state index contributed by atoms with van der Waals surface area (Å²) in [6.07, 6.45) is 0. The van der Waals surface area contributed by atoms with Gasteiger partial charge in [-0.2, -0.15) is 0 Å². The van der Waals surface area contributed by atoms with E-state index < -0.39 is 11.6 Å². The number of ketones is 1. The van der Waals surface area contributed by atoms with E-state index in [1.165, 1.54) is 13.0 Å². The number of carbonyl (C=O) groups excluding carboxylic acids is 1. The zero-order chi connectivity index (χ0) is 13.1. The van der Waals surface area contributed by atoms with E-state index >= 15 is 0 Å². The van der Waals surface area contributed by atoms with Gasteiger partial charge in [-0.1, -0.05) is 19.9 Å². The summed E-state index contributed by atoms with van der Waals surface area (Å²) < 4.78 is 25.9. The van der Waals surface area contributed by atoms with Crippen molar-refractivity contribution in [2.24, 2.45) is 0 Å². The van der Waals surface area contributed by atoms with Gasteiger partial charge >= 0.3 is 0 Å². The molecule has 94 valence electrons. The third-order valence-electron chi connectivity index (χ3n) is 2.64. The average Bonchev–Trinajstić information content (AvgIpc) is 2.21. The van der Waals surface area contributed by atoms with Crippen molar-refractivity contribution in [1.29, 1.82) is 0 Å². The molecule has 0 amide bonds. The SMILES string of the molecule is CC(=O)CNCC(C)(C)c1ccc(F)c(F)c1. The van der Waals surface area contributed by atoms with Gasteiger partial charge in [0.05, 0.1) is 6.54 Å². The molecule has 0 aliphatic heterocycles. The lowest BCUT2D eigenvalue weighted by molar-refractivity contribution is -0.116. The Bertz CT molecular complexity index is 416. The van der Waals surface area contributed by atoms with Gasteiger partial charge in [-0.3, -0.25) is 4.79 Å². The van der Waals surface area contributed by atoms with Gasteiger partial charge in [-0.25, -0.2) is 8.78 Å². The first-order valence-electron chi connectivity index (χ1n) is 5.48. The smallest absolute Gasteiger partial charge is 0.159 e. The summed E-state index contributed by atoms with van der Waals surface area (Å²) >= 11 is 0. The molecule has 1 rings (SSSR count). The lowest BCUT2D eigenvalue weighted by atomic mass is 9.84. The van der Waals surface area contributed by atoms with Gasteiger partial charge < -0.3 is 5.32 Å². The highest BCUT2D eigenvalue weighted by Gasteiger charge is 2.21. The first kappa shape index (κ1) is 13.8. The number of carbonyl (C=O) groups is 1. The third-order valence-corrected chi connectivity index (χ3v) is 2.64. The van der Waals surface area contributed by atoms with Crippen LogP contribution < -0.4 is 5.32 Å². The van der Waals surface area contributed by atoms with Crippen molar-refractivity contribution in [3.8, 4) is 0 Å². The summed E-state index contributed by atoms with van der Waals surface area (Å²) in [5.74, 6) is -1.64. The van der Waals surface area contributed by atoms with Crippen molar-refractivity contribution in [2.75, 3.05) is 13.1 Å². The molecule has 0 aromatic heterocycles. The maximum Gasteiger partial charge on any atom is 0.159 e. The van der Waals surface area contributed by atoms with Crippen molar-refractivity contribution in [2.45, 2.75) is 26.2 Å². The minimum atomic E-state index is -0.846. The standard InChI is InChI=1S/C13H17F2NO/c1-9(17)7-16-8-13(2,3)10-4-5-11(14)12(15)6-10/h4-6,16H,7-8H2,1-3H3. The Balaban J connectivity index is 2.74. The molecule has 0 saturated carbocycles. The quantitative estimate of drug-likeness (QED) is 0.857. The summed E-state index contributed by atoms with van der Waals surface area (Å²) in [6.45, 7) is 6.13. The van der Waals surface area contributed by atoms with Crippen LogP contribution in [0.1, 0.15) is 26.3 Å². The Hall–Kier alpha value is -1.29. The van der Waals surface area contributed by atoms with Gasteiger partial charge in [0, 0.05) is 12.0 Å². The van der Waals surface area contributed by atoms with Crippen molar-refractivity contribution in [3.63, 3.8) is 0 Å². The molecule has 2 nitrogen and oxygen atoms in total. The van der Waals surface area contributed by atoms with Crippen LogP contribution in [0.5, 0.6) is 0 Å². The monoisotopic (exact) mass is 241 g/mol. The summed E-state index contributed by atoms with van der Waals surface area (Å²) in [5.41, 5.74) is 0.344. The Morgan fingerprint density at radius 2 is 1.94 bits per heavy atom. The highest BCUT2D eigenvalue weighted by atomic mass is 19.2. The number of Topliss-reactive ketones (excluding diaryl/α,β-unsaturated/α-hetero) is 1. The molecule has 4 heteroatoms. The third kappa shape index (κ3) is 3.89. The summed E-state index contributed by atoms with van der Waals surface area (Å²) in [6, 6.07) is 3.88. The van der Waals surface area contributed by atoms with E-state index in [2.05, 4.69) is 5.32 Å². The number of hydrogen-bond donors (Lipinski definition) is 1. The molecular weight excluding hydrogens is 224 g/mol. The van der Waals surface area contributed by atoms with Gasteiger partial charge in [0.25, 0.3) is 0 Å². The molecule has 1 aromatic rings. The van der Waals surface area contributed by atoms with Gasteiger partial charge in [0.2, 0.25) is 0 Å². The van der Waals surface area contributed by atoms with Crippen LogP contribution in [0.3, 0.4) is 0 Å². The van der Waals surface area contributed by atoms with Gasteiger partial charge in [0.15, 0.2) is 11.6 Å². The number of nitrogens with one attached hydrogen (secondary N) is 1. The van der Waals surface area contributed by atoms with Crippen LogP contribution in [0, 0.1) is 11.6 Å². The van der Waals surface area contributed by atoms with E-state index in [9.17, 15) is 13.6 Å². The molecule has 0 fully saturated rings. The molecule has 17 heavy (non-hydrogen) atoms. The predicted molar refractivity (Wildman–Crippen MR) is 62.9 cm³/mol. The highest BCUT2D eigenvalue weighted by molar-refractivity contribution is 5.77. The van der Waals surface area contributed by atoms with Crippen LogP contribution in [0.4, 0.5) is 8.78 Å². The second-order valence-corrected chi connectivity index (χ2v) is 4.82. The van der Waals surface area contributed by atoms with Gasteiger partial charge in [-0.15, -0.1) is 0 Å². The van der Waals surface area contributed by atoms with Crippen LogP contribution >= 0.6 is 0 Å². The van der Waals surface area contributed by atoms with Crippen molar-refractivity contribution in [1.82, 2.24) is 5.32 Å². The largest absolute Gasteiger partial charge is 0.309 e. The number of benzene rings is 1. The molecule has 0 radical (unpaired) electrons. The van der Waals surface area contributed by atoms with E-state index in [-0.39, 0.29) is 17.7 Å². The van der Waals surface area contributed by atoms with Crippen LogP contribution in [0.2, 0.25) is 0 Å². The number of rotatable bonds is 5. The molecule has 0 spiro atoms. The summed E-state index contributed by atoms with van der Waals surface area (Å²) in [7, 11) is 0. The van der Waals surface area contributed by atoms with Crippen molar-refractivity contribution in [3.05, 3.63) is 35.4 Å². The van der Waals surface area contributed by atoms with Gasteiger partial charge in [-0.05, 0) is 24.6 Å². The Morgan fingerprint density at radius 1 is 1.29 bits per heavy atom. The van der Waals surface area contributed by atoms with Gasteiger partial charge in [0.1, 0.15) is 5.78 Å². The molecule has 0 aliphatic rings. The average molecular weight is 241 g/mol. The fourth-order valence-electron chi connectivity index (χ4n) is 1.57. The van der Waals surface area contributed by atoms with E-state index in [0.717, 1.165) is 6.07 Å². The Labute approximate surface area is 100 Å². The molecule has 0 atom stereocenters. The maximum atomic E-state index is 13.1. The molecular formula is C13H17F2NO. The first-order chi connectivity index (χ1) is 7.83. The van der Waals surface area contributed by atoms with Crippen LogP contribution in [-0.4, -0.2) is 18.9 Å². The van der Waals surface area contributed by atoms with Crippen LogP contribution in [0.25, 0.3) is 0 Å². The summed E-state index contributed by atoms with van der Waals surface area (Å²) in [4.78, 5) is 10.8. The molecule has 1 aromatic carbocycles. The van der Waals surface area contributed by atoms with Crippen molar-refractivity contribution >= 4 is 5.78 Å². The van der Waals surface area contributed by atoms with Crippen LogP contribution in [0.15, 0.2) is 18.2 Å². The summed E-state index contributed by atoms with van der Waals surface area (Å²) in [5, 5.41) is 2.99. The molecule has 0 bridgehead atoms. The second kappa shape index (κ2) is 5.36. The van der Waals surface area contributed by atoms with E-state index in [4.69, 9.17) is 0 Å². The molecule has 0 saturated heterocycles. The van der Waals surface area contributed by atoms with E-state index in [1.807, 2.05) is 13.8 Å². The zero-order valence-electron chi connectivity index (χ0n) is 10.3. The minimum Gasteiger partial charge on any atom is -0.309 e. The molecule has 0 heterocycles. The van der Waals surface area contributed by atoms with Crippen LogP contribution in [-0.2, 0) is 10.2 Å². The van der Waals surface area contributed by atoms with E-state index in [0.29, 0.717) is 12.1 Å². The lowest BCUT2D eigenvalue weighted by Gasteiger charge is -2.25. The molecule has 0 unspecified atom stereocenters. The number of halogens is 2. The lowest BCUT2D eigenvalue weighted by Crippen LogP contribution is -2.35. The maximum absolute atomic E-state index is 13.1. The topological polar surface area (TPSA) is 29.1 Å². The number of hydrogen-bond acceptors (Lipinski definition) is 2. The normalized spacial score (nSPS) is 11.6. The highest BCUT2D eigenvalue weighted by Crippen LogP contribution is 2.23. The van der Waals surface area contributed by atoms with E-state index in [1.54, 1.807) is 6.07 Å². The fraction of sp³-hybridized carbons (Fsp3) is 0.462. The molecule has 1 N–H and O–H groups in total. The first-order valence-corrected chi connectivity index (χ1v) is 5.48. The Morgan fingerprint density at radius 3 is 2.47 bits per heavy atom. The Kier molecular flexibility index (Phi) is 4.34.